The van der Waals surface area contributed by atoms with Gasteiger partial charge in [-0.15, -0.1) is 0 Å². The van der Waals surface area contributed by atoms with Crippen LogP contribution in [0.1, 0.15) is 12.8 Å². The van der Waals surface area contributed by atoms with Crippen LogP contribution in [-0.2, 0) is 14.3 Å². The zero-order valence-electron chi connectivity index (χ0n) is 7.32. The van der Waals surface area contributed by atoms with Crippen molar-refractivity contribution in [3.63, 3.8) is 0 Å². The van der Waals surface area contributed by atoms with Crippen molar-refractivity contribution < 1.29 is 14.3 Å². The van der Waals surface area contributed by atoms with Crippen molar-refractivity contribution in [1.29, 1.82) is 0 Å². The minimum absolute atomic E-state index is 0.00904. The van der Waals surface area contributed by atoms with E-state index >= 15 is 0 Å². The number of hydrogen-bond donors (Lipinski definition) is 0. The molecule has 3 nitrogen and oxygen atoms in total. The molecule has 0 N–H and O–H groups in total. The maximum Gasteiger partial charge on any atom is 0.306 e. The van der Waals surface area contributed by atoms with Gasteiger partial charge in [0.2, 0.25) is 5.12 Å². The largest absolute Gasteiger partial charge is 0.465 e. The second kappa shape index (κ2) is 5.07. The normalized spacial score (nSPS) is 21.2. The van der Waals surface area contributed by atoms with E-state index in [0.29, 0.717) is 18.9 Å². The van der Waals surface area contributed by atoms with Gasteiger partial charge in [0.25, 0.3) is 0 Å². The molecule has 1 rings (SSSR count). The lowest BCUT2D eigenvalue weighted by Gasteiger charge is -2.02. The molecule has 0 radical (unpaired) electrons. The summed E-state index contributed by atoms with van der Waals surface area (Å²) >= 11 is 1.24. The van der Waals surface area contributed by atoms with E-state index in [9.17, 15) is 9.59 Å². The predicted octanol–water partition coefficient (Wildman–Crippen LogP) is 1.39. The van der Waals surface area contributed by atoms with Crippen molar-refractivity contribution in [2.24, 2.45) is 5.92 Å². The zero-order chi connectivity index (χ0) is 9.68. The molecule has 0 spiro atoms. The molecule has 0 aromatic carbocycles. The third kappa shape index (κ3) is 3.63. The number of ether oxygens (including phenoxy) is 1. The number of esters is 1. The Balaban J connectivity index is 2.09. The van der Waals surface area contributed by atoms with Crippen LogP contribution in [0.4, 0.5) is 0 Å². The van der Waals surface area contributed by atoms with E-state index in [0.717, 1.165) is 12.2 Å². The van der Waals surface area contributed by atoms with Gasteiger partial charge in [0.1, 0.15) is 0 Å². The lowest BCUT2D eigenvalue weighted by molar-refractivity contribution is -0.137. The maximum atomic E-state index is 10.8. The van der Waals surface area contributed by atoms with Crippen LogP contribution in [0.2, 0.25) is 0 Å². The van der Waals surface area contributed by atoms with Crippen LogP contribution in [0.5, 0.6) is 0 Å². The summed E-state index contributed by atoms with van der Waals surface area (Å²) in [6.45, 7) is 3.89. The van der Waals surface area contributed by atoms with Gasteiger partial charge in [0.05, 0.1) is 13.0 Å². The van der Waals surface area contributed by atoms with E-state index < -0.39 is 0 Å². The maximum absolute atomic E-state index is 10.8. The van der Waals surface area contributed by atoms with Gasteiger partial charge >= 0.3 is 5.97 Å². The van der Waals surface area contributed by atoms with E-state index in [4.69, 9.17) is 4.74 Å². The fraction of sp³-hybridized carbons (Fsp3) is 0.556. The molecule has 1 aliphatic heterocycles. The Labute approximate surface area is 81.5 Å². The second-order valence-corrected chi connectivity index (χ2v) is 4.01. The summed E-state index contributed by atoms with van der Waals surface area (Å²) < 4.78 is 4.80. The lowest BCUT2D eigenvalue weighted by Crippen LogP contribution is -2.01. The highest BCUT2D eigenvalue weighted by Gasteiger charge is 2.23. The van der Waals surface area contributed by atoms with Gasteiger partial charge in [0.15, 0.2) is 0 Å². The Bertz CT molecular complexity index is 225. The van der Waals surface area contributed by atoms with Gasteiger partial charge in [0, 0.05) is 11.7 Å². The van der Waals surface area contributed by atoms with E-state index in [2.05, 4.69) is 6.58 Å². The summed E-state index contributed by atoms with van der Waals surface area (Å²) in [7, 11) is 0. The number of cyclic esters (lactones) is 1. The first-order valence-electron chi connectivity index (χ1n) is 4.17. The predicted molar refractivity (Wildman–Crippen MR) is 51.3 cm³/mol. The molecule has 1 heterocycles. The summed E-state index contributed by atoms with van der Waals surface area (Å²) in [5.74, 6) is 0.925. The Hall–Kier alpha value is -0.770. The molecule has 0 bridgehead atoms. The van der Waals surface area contributed by atoms with Crippen molar-refractivity contribution in [2.45, 2.75) is 12.8 Å². The molecule has 4 heteroatoms. The third-order valence-corrected chi connectivity index (χ3v) is 2.76. The van der Waals surface area contributed by atoms with Crippen LogP contribution in [0, 0.1) is 5.92 Å². The smallest absolute Gasteiger partial charge is 0.306 e. The average Bonchev–Trinajstić information content (AvgIpc) is 2.51. The first kappa shape index (κ1) is 10.3. The molecule has 72 valence electrons. The van der Waals surface area contributed by atoms with Gasteiger partial charge in [-0.25, -0.2) is 0 Å². The molecular formula is C9H12O3S. The van der Waals surface area contributed by atoms with E-state index in [1.165, 1.54) is 17.8 Å². The molecule has 1 fully saturated rings. The monoisotopic (exact) mass is 200 g/mol. The van der Waals surface area contributed by atoms with Crippen molar-refractivity contribution in [2.75, 3.05) is 12.4 Å². The first-order chi connectivity index (χ1) is 6.22. The SMILES string of the molecule is C=CC(=O)SCCC1COC(=O)C1. The van der Waals surface area contributed by atoms with Gasteiger partial charge in [-0.05, 0) is 12.5 Å². The molecule has 13 heavy (non-hydrogen) atoms. The van der Waals surface area contributed by atoms with Gasteiger partial charge in [-0.1, -0.05) is 18.3 Å². The molecule has 1 unspecified atom stereocenters. The molecule has 1 atom stereocenters. The topological polar surface area (TPSA) is 43.4 Å². The van der Waals surface area contributed by atoms with Crippen molar-refractivity contribution in [1.82, 2.24) is 0 Å². The fourth-order valence-electron chi connectivity index (χ4n) is 1.13. The fourth-order valence-corrected chi connectivity index (χ4v) is 1.91. The summed E-state index contributed by atoms with van der Waals surface area (Å²) in [6, 6.07) is 0. The van der Waals surface area contributed by atoms with Gasteiger partial charge in [-0.3, -0.25) is 9.59 Å². The van der Waals surface area contributed by atoms with Crippen LogP contribution in [0.3, 0.4) is 0 Å². The van der Waals surface area contributed by atoms with Crippen LogP contribution in [-0.4, -0.2) is 23.4 Å². The Morgan fingerprint density at radius 2 is 2.54 bits per heavy atom. The molecule has 0 aromatic heterocycles. The Morgan fingerprint density at radius 3 is 3.08 bits per heavy atom. The Morgan fingerprint density at radius 1 is 1.77 bits per heavy atom. The summed E-state index contributed by atoms with van der Waals surface area (Å²) in [6.07, 6.45) is 2.67. The third-order valence-electron chi connectivity index (χ3n) is 1.87. The van der Waals surface area contributed by atoms with E-state index in [1.54, 1.807) is 0 Å². The molecule has 0 saturated carbocycles. The highest BCUT2D eigenvalue weighted by Crippen LogP contribution is 2.20. The number of rotatable bonds is 4. The standard InChI is InChI=1S/C9H12O3S/c1-2-9(11)13-4-3-7-5-8(10)12-6-7/h2,7H,1,3-6H2. The van der Waals surface area contributed by atoms with Crippen molar-refractivity contribution in [3.05, 3.63) is 12.7 Å². The minimum Gasteiger partial charge on any atom is -0.465 e. The second-order valence-electron chi connectivity index (χ2n) is 2.91. The number of carbonyl (C=O) groups excluding carboxylic acids is 2. The average molecular weight is 200 g/mol. The summed E-state index contributed by atoms with van der Waals surface area (Å²) in [5, 5.41) is -0.00904. The molecule has 0 aromatic rings. The molecule has 0 amide bonds. The van der Waals surface area contributed by atoms with Crippen LogP contribution >= 0.6 is 11.8 Å². The summed E-state index contributed by atoms with van der Waals surface area (Å²) in [5.41, 5.74) is 0. The first-order valence-corrected chi connectivity index (χ1v) is 5.15. The van der Waals surface area contributed by atoms with Crippen molar-refractivity contribution >= 4 is 22.8 Å². The highest BCUT2D eigenvalue weighted by molar-refractivity contribution is 8.14. The van der Waals surface area contributed by atoms with Crippen molar-refractivity contribution in [3.8, 4) is 0 Å². The zero-order valence-corrected chi connectivity index (χ0v) is 8.14. The number of carbonyl (C=O) groups is 2. The van der Waals surface area contributed by atoms with E-state index in [-0.39, 0.29) is 11.1 Å². The van der Waals surface area contributed by atoms with Gasteiger partial charge < -0.3 is 4.74 Å². The lowest BCUT2D eigenvalue weighted by atomic mass is 10.1. The van der Waals surface area contributed by atoms with Crippen LogP contribution in [0.15, 0.2) is 12.7 Å². The number of thioether (sulfide) groups is 1. The molecule has 1 aliphatic rings. The minimum atomic E-state index is -0.120. The van der Waals surface area contributed by atoms with E-state index in [1.807, 2.05) is 0 Å². The Kier molecular flexibility index (Phi) is 4.02. The van der Waals surface area contributed by atoms with Crippen LogP contribution < -0.4 is 0 Å². The highest BCUT2D eigenvalue weighted by atomic mass is 32.2. The number of hydrogen-bond acceptors (Lipinski definition) is 4. The molecular weight excluding hydrogens is 188 g/mol. The van der Waals surface area contributed by atoms with Gasteiger partial charge in [-0.2, -0.15) is 0 Å². The molecule has 1 saturated heterocycles. The van der Waals surface area contributed by atoms with Crippen LogP contribution in [0.25, 0.3) is 0 Å². The quantitative estimate of drug-likeness (QED) is 0.508. The molecule has 0 aliphatic carbocycles. The summed E-state index contributed by atoms with van der Waals surface area (Å²) in [4.78, 5) is 21.5.